The lowest BCUT2D eigenvalue weighted by Gasteiger charge is -2.18. The fourth-order valence-corrected chi connectivity index (χ4v) is 3.05. The molecule has 1 amide bonds. The van der Waals surface area contributed by atoms with E-state index in [0.29, 0.717) is 17.0 Å². The van der Waals surface area contributed by atoms with Crippen LogP contribution >= 0.6 is 0 Å². The summed E-state index contributed by atoms with van der Waals surface area (Å²) in [6.45, 7) is 0. The molecule has 0 bridgehead atoms. The normalized spacial score (nSPS) is 10.9. The molecular weight excluding hydrogens is 378 g/mol. The van der Waals surface area contributed by atoms with Gasteiger partial charge in [-0.2, -0.15) is 0 Å². The van der Waals surface area contributed by atoms with Crippen LogP contribution in [0.4, 0.5) is 14.5 Å². The van der Waals surface area contributed by atoms with Gasteiger partial charge in [-0.1, -0.05) is 0 Å². The van der Waals surface area contributed by atoms with E-state index < -0.39 is 17.5 Å². The van der Waals surface area contributed by atoms with Crippen LogP contribution in [0, 0.1) is 11.6 Å². The maximum atomic E-state index is 14.3. The molecule has 6 nitrogen and oxygen atoms in total. The van der Waals surface area contributed by atoms with Crippen LogP contribution in [0.3, 0.4) is 0 Å². The lowest BCUT2D eigenvalue weighted by atomic mass is 10.1. The van der Waals surface area contributed by atoms with Crippen molar-refractivity contribution in [2.45, 2.75) is 0 Å². The summed E-state index contributed by atoms with van der Waals surface area (Å²) >= 11 is 0. The minimum absolute atomic E-state index is 0.0898. The van der Waals surface area contributed by atoms with Gasteiger partial charge in [0.15, 0.2) is 11.6 Å². The van der Waals surface area contributed by atoms with Crippen LogP contribution in [0.15, 0.2) is 60.9 Å². The maximum absolute atomic E-state index is 14.3. The van der Waals surface area contributed by atoms with Crippen molar-refractivity contribution in [1.29, 1.82) is 0 Å². The van der Waals surface area contributed by atoms with E-state index in [-0.39, 0.29) is 17.1 Å². The van der Waals surface area contributed by atoms with Crippen molar-refractivity contribution in [1.82, 2.24) is 14.4 Å². The number of hydrogen-bond acceptors (Lipinski definition) is 4. The van der Waals surface area contributed by atoms with Crippen molar-refractivity contribution < 1.29 is 18.3 Å². The molecule has 0 saturated carbocycles. The summed E-state index contributed by atoms with van der Waals surface area (Å²) in [5, 5.41) is 0. The van der Waals surface area contributed by atoms with Crippen LogP contribution < -0.4 is 9.64 Å². The topological polar surface area (TPSA) is 59.7 Å². The summed E-state index contributed by atoms with van der Waals surface area (Å²) in [6, 6.07) is 11.6. The van der Waals surface area contributed by atoms with E-state index in [4.69, 9.17) is 4.74 Å². The molecule has 29 heavy (non-hydrogen) atoms. The third kappa shape index (κ3) is 3.29. The molecule has 0 N–H and O–H groups in total. The van der Waals surface area contributed by atoms with Crippen molar-refractivity contribution in [3.05, 3.63) is 78.3 Å². The van der Waals surface area contributed by atoms with E-state index in [1.165, 1.54) is 48.4 Å². The van der Waals surface area contributed by atoms with E-state index in [1.54, 1.807) is 36.0 Å². The van der Waals surface area contributed by atoms with Crippen LogP contribution in [0.2, 0.25) is 0 Å². The number of rotatable bonds is 4. The van der Waals surface area contributed by atoms with Crippen molar-refractivity contribution in [2.75, 3.05) is 19.1 Å². The Morgan fingerprint density at radius 1 is 1.14 bits per heavy atom. The molecule has 4 aromatic rings. The van der Waals surface area contributed by atoms with Gasteiger partial charge in [0.1, 0.15) is 17.2 Å². The first-order valence-electron chi connectivity index (χ1n) is 8.70. The molecule has 0 unspecified atom stereocenters. The average molecular weight is 394 g/mol. The number of carbonyl (C=O) groups is 1. The van der Waals surface area contributed by atoms with E-state index in [1.807, 2.05) is 0 Å². The molecule has 0 spiro atoms. The van der Waals surface area contributed by atoms with Crippen LogP contribution in [-0.4, -0.2) is 34.4 Å². The molecule has 2 heterocycles. The van der Waals surface area contributed by atoms with Crippen LogP contribution in [-0.2, 0) is 0 Å². The Morgan fingerprint density at radius 3 is 2.59 bits per heavy atom. The first kappa shape index (κ1) is 18.5. The Balaban J connectivity index is 1.86. The Hall–Kier alpha value is -3.81. The van der Waals surface area contributed by atoms with Gasteiger partial charge in [0, 0.05) is 30.7 Å². The first-order valence-corrected chi connectivity index (χ1v) is 8.70. The van der Waals surface area contributed by atoms with Gasteiger partial charge in [0.25, 0.3) is 5.91 Å². The number of anilines is 1. The SMILES string of the molecule is COc1ccc(-c2nc3ncccn3c2C(=O)N(C)c2ccc(F)cc2)cc1F. The summed E-state index contributed by atoms with van der Waals surface area (Å²) in [4.78, 5) is 23.3. The van der Waals surface area contributed by atoms with Gasteiger partial charge in [-0.3, -0.25) is 9.20 Å². The highest BCUT2D eigenvalue weighted by molar-refractivity contribution is 6.08. The minimum atomic E-state index is -0.569. The third-order valence-corrected chi connectivity index (χ3v) is 4.55. The third-order valence-electron chi connectivity index (χ3n) is 4.55. The molecule has 0 atom stereocenters. The zero-order chi connectivity index (χ0) is 20.5. The Labute approximate surface area is 165 Å². The Bertz CT molecular complexity index is 1210. The highest BCUT2D eigenvalue weighted by Gasteiger charge is 2.25. The zero-order valence-electron chi connectivity index (χ0n) is 15.6. The number of aromatic nitrogens is 3. The van der Waals surface area contributed by atoms with E-state index in [9.17, 15) is 13.6 Å². The van der Waals surface area contributed by atoms with Gasteiger partial charge in [0.05, 0.1) is 7.11 Å². The number of carbonyl (C=O) groups excluding carboxylic acids is 1. The molecule has 0 aliphatic carbocycles. The molecule has 0 aliphatic heterocycles. The van der Waals surface area contributed by atoms with E-state index in [2.05, 4.69) is 9.97 Å². The van der Waals surface area contributed by atoms with E-state index in [0.717, 1.165) is 0 Å². The number of ether oxygens (including phenoxy) is 1. The molecule has 8 heteroatoms. The largest absolute Gasteiger partial charge is 0.494 e. The number of imidazole rings is 1. The van der Waals surface area contributed by atoms with Crippen molar-refractivity contribution >= 4 is 17.4 Å². The molecule has 0 aliphatic rings. The second kappa shape index (κ2) is 7.31. The predicted octanol–water partition coefficient (Wildman–Crippen LogP) is 3.96. The summed E-state index contributed by atoms with van der Waals surface area (Å²) in [7, 11) is 2.95. The molecule has 2 aromatic carbocycles. The Kier molecular flexibility index (Phi) is 4.67. The number of hydrogen-bond donors (Lipinski definition) is 0. The van der Waals surface area contributed by atoms with Gasteiger partial charge in [-0.05, 0) is 48.5 Å². The van der Waals surface area contributed by atoms with Gasteiger partial charge in [0.2, 0.25) is 5.78 Å². The lowest BCUT2D eigenvalue weighted by molar-refractivity contribution is 0.0988. The summed E-state index contributed by atoms with van der Waals surface area (Å²) in [6.07, 6.45) is 3.21. The van der Waals surface area contributed by atoms with Gasteiger partial charge >= 0.3 is 0 Å². The number of fused-ring (bicyclic) bond motifs is 1. The molecule has 0 fully saturated rings. The van der Waals surface area contributed by atoms with Gasteiger partial charge in [-0.15, -0.1) is 0 Å². The molecule has 146 valence electrons. The lowest BCUT2D eigenvalue weighted by Crippen LogP contribution is -2.28. The van der Waals surface area contributed by atoms with Crippen molar-refractivity contribution in [3.8, 4) is 17.0 Å². The average Bonchev–Trinajstić information content (AvgIpc) is 3.12. The first-order chi connectivity index (χ1) is 14.0. The molecule has 4 rings (SSSR count). The van der Waals surface area contributed by atoms with Gasteiger partial charge in [-0.25, -0.2) is 18.7 Å². The minimum Gasteiger partial charge on any atom is -0.494 e. The highest BCUT2D eigenvalue weighted by atomic mass is 19.1. The van der Waals surface area contributed by atoms with Crippen LogP contribution in [0.25, 0.3) is 17.0 Å². The number of halogens is 2. The molecule has 0 radical (unpaired) electrons. The van der Waals surface area contributed by atoms with Crippen LogP contribution in [0.1, 0.15) is 10.5 Å². The highest BCUT2D eigenvalue weighted by Crippen LogP contribution is 2.29. The second-order valence-electron chi connectivity index (χ2n) is 6.29. The monoisotopic (exact) mass is 394 g/mol. The van der Waals surface area contributed by atoms with Crippen LogP contribution in [0.5, 0.6) is 5.75 Å². The predicted molar refractivity (Wildman–Crippen MR) is 104 cm³/mol. The second-order valence-corrected chi connectivity index (χ2v) is 6.29. The van der Waals surface area contributed by atoms with E-state index >= 15 is 0 Å². The number of benzene rings is 2. The molecular formula is C21H16F2N4O2. The molecule has 0 saturated heterocycles. The Morgan fingerprint density at radius 2 is 1.90 bits per heavy atom. The standard InChI is InChI=1S/C21H16F2N4O2/c1-26(15-7-5-14(22)6-8-15)20(28)19-18(25-21-24-10-3-11-27(19)21)13-4-9-17(29-2)16(23)12-13/h3-12H,1-2H3. The number of nitrogens with zero attached hydrogens (tertiary/aromatic N) is 4. The van der Waals surface area contributed by atoms with Crippen molar-refractivity contribution in [2.24, 2.45) is 0 Å². The van der Waals surface area contributed by atoms with Crippen molar-refractivity contribution in [3.63, 3.8) is 0 Å². The summed E-state index contributed by atoms with van der Waals surface area (Å²) in [5.41, 5.74) is 1.40. The maximum Gasteiger partial charge on any atom is 0.277 e. The number of amides is 1. The summed E-state index contributed by atoms with van der Waals surface area (Å²) < 4.78 is 34.0. The zero-order valence-corrected chi connectivity index (χ0v) is 15.6. The summed E-state index contributed by atoms with van der Waals surface area (Å²) in [5.74, 6) is -0.979. The fraction of sp³-hybridized carbons (Fsp3) is 0.0952. The smallest absolute Gasteiger partial charge is 0.277 e. The molecule has 2 aromatic heterocycles. The van der Waals surface area contributed by atoms with Gasteiger partial charge < -0.3 is 9.64 Å². The number of methoxy groups -OCH3 is 1. The quantitative estimate of drug-likeness (QED) is 0.526. The fourth-order valence-electron chi connectivity index (χ4n) is 3.05.